The maximum absolute atomic E-state index is 6.51. The van der Waals surface area contributed by atoms with E-state index in [1.54, 1.807) is 0 Å². The van der Waals surface area contributed by atoms with E-state index in [4.69, 9.17) is 14.5 Å². The summed E-state index contributed by atoms with van der Waals surface area (Å²) in [5, 5.41) is 0. The van der Waals surface area contributed by atoms with Crippen LogP contribution in [0.25, 0.3) is 22.5 Å². The van der Waals surface area contributed by atoms with Crippen LogP contribution in [-0.4, -0.2) is 16.7 Å². The van der Waals surface area contributed by atoms with Crippen molar-refractivity contribution in [2.75, 3.05) is 0 Å². The van der Waals surface area contributed by atoms with Gasteiger partial charge < -0.3 is 19.4 Å². The first-order valence-corrected chi connectivity index (χ1v) is 15.3. The molecule has 2 aromatic heterocycles. The van der Waals surface area contributed by atoms with E-state index in [1.807, 2.05) is 86.0 Å². The first-order valence-electron chi connectivity index (χ1n) is 15.3. The van der Waals surface area contributed by atoms with Gasteiger partial charge in [0, 0.05) is 43.7 Å². The zero-order chi connectivity index (χ0) is 31.0. The van der Waals surface area contributed by atoms with Crippen LogP contribution in [-0.2, 0) is 26.5 Å². The second-order valence-corrected chi connectivity index (χ2v) is 12.8. The number of hydrogen-bond acceptors (Lipinski definition) is 4. The number of para-hydroxylation sites is 1. The fraction of sp³-hybridized carbons (Fsp3) is 0.150. The molecule has 4 nitrogen and oxygen atoms in total. The van der Waals surface area contributed by atoms with E-state index >= 15 is 0 Å². The second-order valence-electron chi connectivity index (χ2n) is 12.8. The predicted octanol–water partition coefficient (Wildman–Crippen LogP) is 7.72. The van der Waals surface area contributed by atoms with Crippen molar-refractivity contribution < 1.29 is 29.6 Å². The molecule has 8 rings (SSSR count). The minimum absolute atomic E-state index is 0. The molecule has 6 heteroatoms. The predicted molar refractivity (Wildman–Crippen MR) is 183 cm³/mol. The molecule has 2 aliphatic rings. The van der Waals surface area contributed by atoms with Gasteiger partial charge in [0.25, 0.3) is 0 Å². The zero-order valence-corrected chi connectivity index (χ0v) is 28.7. The molecular weight excluding hydrogens is 743 g/mol. The van der Waals surface area contributed by atoms with Crippen molar-refractivity contribution in [2.45, 2.75) is 34.1 Å². The first-order chi connectivity index (χ1) is 21.8. The van der Waals surface area contributed by atoms with Crippen LogP contribution in [0.4, 0.5) is 0 Å². The molecule has 0 saturated heterocycles. The summed E-state index contributed by atoms with van der Waals surface area (Å²) in [6.45, 7) is 8.85. The normalized spacial score (nSPS) is 12.1. The standard InChI is InChI=1S/C28H23BNO2.C12H10N.Ir/c1-28(2,3)17-18-14-15-30-22(16-18)19-8-6-10-21-27(19)32-25-13-7-12-24-26(25)29(21)20-9-4-5-11-23(20)31-24;1-10-7-8-12(13-9-10)11-5-3-2-4-6-11;/h4-7,9-16H,17H2,1-3H3;2-5,7-9H,1H3;/q2*-1;. The van der Waals surface area contributed by atoms with E-state index in [9.17, 15) is 0 Å². The third-order valence-corrected chi connectivity index (χ3v) is 7.98. The Hall–Kier alpha value is -4.51. The maximum atomic E-state index is 6.51. The Labute approximate surface area is 285 Å². The Balaban J connectivity index is 0.000000223. The summed E-state index contributed by atoms with van der Waals surface area (Å²) < 4.78 is 12.7. The number of benzene rings is 4. The molecule has 1 radical (unpaired) electrons. The molecule has 0 saturated carbocycles. The van der Waals surface area contributed by atoms with Crippen molar-refractivity contribution in [1.29, 1.82) is 0 Å². The quantitative estimate of drug-likeness (QED) is 0.136. The van der Waals surface area contributed by atoms with Gasteiger partial charge in [-0.05, 0) is 65.4 Å². The van der Waals surface area contributed by atoms with Gasteiger partial charge in [0.05, 0.1) is 0 Å². The number of aromatic nitrogens is 2. The van der Waals surface area contributed by atoms with Crippen LogP contribution in [0.5, 0.6) is 23.0 Å². The minimum atomic E-state index is 0. The fourth-order valence-electron chi connectivity index (χ4n) is 6.05. The van der Waals surface area contributed by atoms with Gasteiger partial charge in [0.15, 0.2) is 0 Å². The molecule has 0 fully saturated rings. The number of hydrogen-bond donors (Lipinski definition) is 0. The van der Waals surface area contributed by atoms with E-state index in [1.165, 1.54) is 11.1 Å². The summed E-state index contributed by atoms with van der Waals surface area (Å²) in [5.74, 6) is 3.42. The molecule has 0 amide bonds. The van der Waals surface area contributed by atoms with Crippen LogP contribution in [0.15, 0.2) is 116 Å². The topological polar surface area (TPSA) is 44.2 Å². The Bertz CT molecular complexity index is 1990. The number of ether oxygens (including phenoxy) is 2. The van der Waals surface area contributed by atoms with Gasteiger partial charge in [-0.15, -0.1) is 59.6 Å². The van der Waals surface area contributed by atoms with E-state index in [0.29, 0.717) is 0 Å². The zero-order valence-electron chi connectivity index (χ0n) is 26.3. The van der Waals surface area contributed by atoms with Crippen molar-refractivity contribution in [3.63, 3.8) is 0 Å². The molecule has 2 aliphatic heterocycles. The van der Waals surface area contributed by atoms with Crippen LogP contribution < -0.4 is 25.9 Å². The summed E-state index contributed by atoms with van der Waals surface area (Å²) in [4.78, 5) is 9.01. The number of pyridine rings is 2. The molecule has 0 unspecified atom stereocenters. The largest absolute Gasteiger partial charge is 0.503 e. The molecule has 4 heterocycles. The average Bonchev–Trinajstić information content (AvgIpc) is 3.05. The molecule has 0 atom stereocenters. The van der Waals surface area contributed by atoms with Crippen LogP contribution in [0.2, 0.25) is 0 Å². The molecule has 46 heavy (non-hydrogen) atoms. The summed E-state index contributed by atoms with van der Waals surface area (Å²) in [7, 11) is 0. The van der Waals surface area contributed by atoms with Gasteiger partial charge in [0.2, 0.25) is 6.71 Å². The van der Waals surface area contributed by atoms with Gasteiger partial charge >= 0.3 is 0 Å². The average molecular weight is 777 g/mol. The smallest absolute Gasteiger partial charge is 0.241 e. The molecule has 229 valence electrons. The molecule has 6 aromatic rings. The van der Waals surface area contributed by atoms with Gasteiger partial charge in [-0.1, -0.05) is 74.4 Å². The molecule has 0 spiro atoms. The number of nitrogens with zero attached hydrogens (tertiary/aromatic N) is 2. The Kier molecular flexibility index (Phi) is 8.95. The van der Waals surface area contributed by atoms with E-state index < -0.39 is 0 Å². The van der Waals surface area contributed by atoms with E-state index in [0.717, 1.165) is 68.3 Å². The van der Waals surface area contributed by atoms with Crippen molar-refractivity contribution in [1.82, 2.24) is 9.97 Å². The second kappa shape index (κ2) is 13.1. The fourth-order valence-corrected chi connectivity index (χ4v) is 6.05. The molecule has 0 bridgehead atoms. The van der Waals surface area contributed by atoms with Crippen molar-refractivity contribution in [3.05, 3.63) is 139 Å². The van der Waals surface area contributed by atoms with Gasteiger partial charge in [0.1, 0.15) is 17.2 Å². The first kappa shape index (κ1) is 31.5. The van der Waals surface area contributed by atoms with Gasteiger partial charge in [-0.3, -0.25) is 0 Å². The summed E-state index contributed by atoms with van der Waals surface area (Å²) in [6.07, 6.45) is 4.75. The van der Waals surface area contributed by atoms with Crippen LogP contribution in [0.1, 0.15) is 31.9 Å². The molecule has 0 N–H and O–H groups in total. The van der Waals surface area contributed by atoms with Crippen LogP contribution >= 0.6 is 0 Å². The van der Waals surface area contributed by atoms with Crippen molar-refractivity contribution in [3.8, 4) is 45.5 Å². The van der Waals surface area contributed by atoms with Gasteiger partial charge in [-0.2, -0.15) is 0 Å². The Morgan fingerprint density at radius 3 is 2.26 bits per heavy atom. The third kappa shape index (κ3) is 6.42. The minimum Gasteiger partial charge on any atom is -0.503 e. The summed E-state index contributed by atoms with van der Waals surface area (Å²) in [5.41, 5.74) is 9.83. The molecule has 0 aliphatic carbocycles. The van der Waals surface area contributed by atoms with Crippen LogP contribution in [0, 0.1) is 24.5 Å². The molecule has 4 aromatic carbocycles. The summed E-state index contributed by atoms with van der Waals surface area (Å²) >= 11 is 0. The number of fused-ring (bicyclic) bond motifs is 4. The Morgan fingerprint density at radius 1 is 0.717 bits per heavy atom. The van der Waals surface area contributed by atoms with Crippen molar-refractivity contribution >= 4 is 23.1 Å². The van der Waals surface area contributed by atoms with Crippen LogP contribution in [0.3, 0.4) is 0 Å². The molecular formula is C40H33BIrN2O2-2. The SMILES string of the molecule is CC(C)(C)Cc1ccnc(-c2[c-]ccc3c2Oc2cccc4c2B3c2ccccc2O4)c1.Cc1ccc(-c2[c-]cccc2)nc1.[Ir]. The Morgan fingerprint density at radius 2 is 1.50 bits per heavy atom. The van der Waals surface area contributed by atoms with E-state index in [2.05, 4.69) is 74.3 Å². The van der Waals surface area contributed by atoms with Gasteiger partial charge in [-0.25, -0.2) is 0 Å². The monoisotopic (exact) mass is 777 g/mol. The van der Waals surface area contributed by atoms with E-state index in [-0.39, 0.29) is 32.2 Å². The van der Waals surface area contributed by atoms with Crippen molar-refractivity contribution in [2.24, 2.45) is 5.41 Å². The third-order valence-electron chi connectivity index (χ3n) is 7.98. The number of aryl methyl sites for hydroxylation is 1. The summed E-state index contributed by atoms with van der Waals surface area (Å²) in [6, 6.07) is 41.2. The number of rotatable bonds is 3. The maximum Gasteiger partial charge on any atom is 0.241 e.